The summed E-state index contributed by atoms with van der Waals surface area (Å²) in [5, 5.41) is 0. The largest absolute Gasteiger partial charge is 0.493 e. The summed E-state index contributed by atoms with van der Waals surface area (Å²) in [6.07, 6.45) is 0.779. The lowest BCUT2D eigenvalue weighted by atomic mass is 10.1. The first kappa shape index (κ1) is 12.4. The maximum absolute atomic E-state index is 11.4. The van der Waals surface area contributed by atoms with Gasteiger partial charge in [-0.3, -0.25) is 0 Å². The Labute approximate surface area is 115 Å². The first-order valence-corrected chi connectivity index (χ1v) is 6.31. The molecule has 1 heterocycles. The van der Waals surface area contributed by atoms with Crippen LogP contribution in [-0.4, -0.2) is 18.5 Å². The summed E-state index contributed by atoms with van der Waals surface area (Å²) < 4.78 is 10.1. The number of esters is 2. The zero-order valence-corrected chi connectivity index (χ0v) is 10.7. The van der Waals surface area contributed by atoms with Crippen LogP contribution in [-0.2, 0) is 11.2 Å². The van der Waals surface area contributed by atoms with E-state index >= 15 is 0 Å². The Kier molecular flexibility index (Phi) is 3.21. The summed E-state index contributed by atoms with van der Waals surface area (Å²) in [5.41, 5.74) is 1.75. The smallest absolute Gasteiger partial charge is 0.347 e. The van der Waals surface area contributed by atoms with Gasteiger partial charge in [-0.15, -0.1) is 0 Å². The van der Waals surface area contributed by atoms with E-state index in [0.717, 1.165) is 6.42 Å². The van der Waals surface area contributed by atoms with Crippen molar-refractivity contribution in [2.45, 2.75) is 6.42 Å². The first-order chi connectivity index (χ1) is 9.74. The van der Waals surface area contributed by atoms with Gasteiger partial charge in [0.05, 0.1) is 17.7 Å². The topological polar surface area (TPSA) is 52.6 Å². The number of cyclic esters (lactones) is 2. The lowest BCUT2D eigenvalue weighted by Gasteiger charge is -2.06. The maximum atomic E-state index is 11.4. The fraction of sp³-hybridized carbons (Fsp3) is 0.125. The molecular formula is C16H12O4. The Morgan fingerprint density at radius 2 is 1.65 bits per heavy atom. The summed E-state index contributed by atoms with van der Waals surface area (Å²) in [6, 6.07) is 14.8. The third-order valence-electron chi connectivity index (χ3n) is 3.12. The number of rotatable bonds is 4. The van der Waals surface area contributed by atoms with E-state index in [4.69, 9.17) is 4.74 Å². The van der Waals surface area contributed by atoms with Crippen molar-refractivity contribution >= 4 is 11.9 Å². The molecule has 0 saturated heterocycles. The van der Waals surface area contributed by atoms with Gasteiger partial charge in [0.25, 0.3) is 0 Å². The van der Waals surface area contributed by atoms with Crippen LogP contribution in [0.1, 0.15) is 26.3 Å². The van der Waals surface area contributed by atoms with Crippen molar-refractivity contribution < 1.29 is 19.1 Å². The van der Waals surface area contributed by atoms with E-state index in [9.17, 15) is 9.59 Å². The third-order valence-corrected chi connectivity index (χ3v) is 3.12. The van der Waals surface area contributed by atoms with E-state index in [1.165, 1.54) is 5.56 Å². The predicted molar refractivity (Wildman–Crippen MR) is 71.8 cm³/mol. The summed E-state index contributed by atoms with van der Waals surface area (Å²) in [4.78, 5) is 22.7. The van der Waals surface area contributed by atoms with Gasteiger partial charge in [-0.25, -0.2) is 9.59 Å². The first-order valence-electron chi connectivity index (χ1n) is 6.31. The second kappa shape index (κ2) is 5.17. The summed E-state index contributed by atoms with van der Waals surface area (Å²) in [5.74, 6) is -0.648. The van der Waals surface area contributed by atoms with E-state index in [2.05, 4.69) is 4.74 Å². The zero-order chi connectivity index (χ0) is 13.9. The van der Waals surface area contributed by atoms with E-state index in [1.807, 2.05) is 30.3 Å². The lowest BCUT2D eigenvalue weighted by molar-refractivity contribution is 0.0443. The van der Waals surface area contributed by atoms with Crippen LogP contribution in [0.25, 0.3) is 0 Å². The number of fused-ring (bicyclic) bond motifs is 1. The van der Waals surface area contributed by atoms with Crippen LogP contribution in [0.2, 0.25) is 0 Å². The van der Waals surface area contributed by atoms with Crippen molar-refractivity contribution in [3.05, 3.63) is 65.2 Å². The Balaban J connectivity index is 1.66. The minimum atomic E-state index is -0.612. The van der Waals surface area contributed by atoms with Gasteiger partial charge in [0.2, 0.25) is 0 Å². The molecule has 3 rings (SSSR count). The van der Waals surface area contributed by atoms with Crippen molar-refractivity contribution in [2.24, 2.45) is 0 Å². The van der Waals surface area contributed by atoms with Gasteiger partial charge >= 0.3 is 11.9 Å². The summed E-state index contributed by atoms with van der Waals surface area (Å²) in [6.45, 7) is 0.506. The molecule has 0 bridgehead atoms. The van der Waals surface area contributed by atoms with Crippen molar-refractivity contribution in [2.75, 3.05) is 6.61 Å². The molecule has 4 heteroatoms. The van der Waals surface area contributed by atoms with Crippen LogP contribution in [0, 0.1) is 0 Å². The molecule has 0 radical (unpaired) electrons. The number of carbonyl (C=O) groups is 2. The number of hydrogen-bond acceptors (Lipinski definition) is 4. The molecule has 1 aliphatic rings. The van der Waals surface area contributed by atoms with Crippen molar-refractivity contribution in [1.29, 1.82) is 0 Å². The van der Waals surface area contributed by atoms with Gasteiger partial charge in [0.1, 0.15) is 5.75 Å². The molecule has 4 nitrogen and oxygen atoms in total. The molecule has 20 heavy (non-hydrogen) atoms. The van der Waals surface area contributed by atoms with Gasteiger partial charge in [0.15, 0.2) is 0 Å². The molecule has 0 atom stereocenters. The van der Waals surface area contributed by atoms with E-state index < -0.39 is 11.9 Å². The van der Waals surface area contributed by atoms with E-state index in [1.54, 1.807) is 18.2 Å². The van der Waals surface area contributed by atoms with Crippen LogP contribution in [0.4, 0.5) is 0 Å². The number of benzene rings is 2. The molecule has 2 aromatic carbocycles. The molecule has 0 spiro atoms. The van der Waals surface area contributed by atoms with E-state index in [-0.39, 0.29) is 5.56 Å². The summed E-state index contributed by atoms with van der Waals surface area (Å²) in [7, 11) is 0. The van der Waals surface area contributed by atoms with Crippen LogP contribution in [0.15, 0.2) is 48.5 Å². The highest BCUT2D eigenvalue weighted by molar-refractivity contribution is 6.14. The molecule has 0 fully saturated rings. The monoisotopic (exact) mass is 268 g/mol. The molecule has 1 aliphatic heterocycles. The maximum Gasteiger partial charge on any atom is 0.347 e. The Hall–Kier alpha value is -2.62. The molecule has 2 aromatic rings. The molecular weight excluding hydrogens is 256 g/mol. The number of ether oxygens (including phenoxy) is 2. The predicted octanol–water partition coefficient (Wildman–Crippen LogP) is 2.62. The standard InChI is InChI=1S/C16H12O4/c17-15-13-7-6-12(10-14(13)16(18)20-15)19-9-8-11-4-2-1-3-5-11/h1-7,10H,8-9H2. The molecule has 0 saturated carbocycles. The lowest BCUT2D eigenvalue weighted by Crippen LogP contribution is -2.02. The second-order valence-corrected chi connectivity index (χ2v) is 4.47. The minimum Gasteiger partial charge on any atom is -0.493 e. The van der Waals surface area contributed by atoms with Gasteiger partial charge < -0.3 is 9.47 Å². The van der Waals surface area contributed by atoms with Gasteiger partial charge in [-0.05, 0) is 23.8 Å². The molecule has 0 N–H and O–H groups in total. The van der Waals surface area contributed by atoms with Crippen molar-refractivity contribution in [3.8, 4) is 5.75 Å². The highest BCUT2D eigenvalue weighted by Gasteiger charge is 2.29. The zero-order valence-electron chi connectivity index (χ0n) is 10.7. The molecule has 0 amide bonds. The summed E-state index contributed by atoms with van der Waals surface area (Å²) >= 11 is 0. The molecule has 0 aromatic heterocycles. The number of hydrogen-bond donors (Lipinski definition) is 0. The van der Waals surface area contributed by atoms with Gasteiger partial charge in [-0.1, -0.05) is 30.3 Å². The molecule has 0 aliphatic carbocycles. The van der Waals surface area contributed by atoms with Crippen LogP contribution in [0.5, 0.6) is 5.75 Å². The highest BCUT2D eigenvalue weighted by Crippen LogP contribution is 2.24. The van der Waals surface area contributed by atoms with Crippen molar-refractivity contribution in [3.63, 3.8) is 0 Å². The Bertz CT molecular complexity index is 661. The average Bonchev–Trinajstić information content (AvgIpc) is 2.75. The van der Waals surface area contributed by atoms with Crippen LogP contribution >= 0.6 is 0 Å². The van der Waals surface area contributed by atoms with Crippen LogP contribution < -0.4 is 4.74 Å². The Morgan fingerprint density at radius 3 is 2.45 bits per heavy atom. The SMILES string of the molecule is O=C1OC(=O)c2cc(OCCc3ccccc3)ccc21. The second-order valence-electron chi connectivity index (χ2n) is 4.47. The third kappa shape index (κ3) is 2.40. The average molecular weight is 268 g/mol. The van der Waals surface area contributed by atoms with Gasteiger partial charge in [0, 0.05) is 6.42 Å². The highest BCUT2D eigenvalue weighted by atomic mass is 16.6. The fourth-order valence-electron chi connectivity index (χ4n) is 2.09. The molecule has 100 valence electrons. The normalized spacial score (nSPS) is 13.0. The number of carbonyl (C=O) groups excluding carboxylic acids is 2. The minimum absolute atomic E-state index is 0.271. The molecule has 0 unspecified atom stereocenters. The van der Waals surface area contributed by atoms with Crippen molar-refractivity contribution in [1.82, 2.24) is 0 Å². The fourth-order valence-corrected chi connectivity index (χ4v) is 2.09. The quantitative estimate of drug-likeness (QED) is 0.632. The van der Waals surface area contributed by atoms with Crippen LogP contribution in [0.3, 0.4) is 0 Å². The van der Waals surface area contributed by atoms with E-state index in [0.29, 0.717) is 17.9 Å². The van der Waals surface area contributed by atoms with Gasteiger partial charge in [-0.2, -0.15) is 0 Å². The Morgan fingerprint density at radius 1 is 0.900 bits per heavy atom.